The molecule has 0 aromatic carbocycles. The van der Waals surface area contributed by atoms with Crippen molar-refractivity contribution in [3.8, 4) is 0 Å². The highest BCUT2D eigenvalue weighted by molar-refractivity contribution is 7.80. The molecule has 2 heterocycles. The van der Waals surface area contributed by atoms with Crippen molar-refractivity contribution in [1.82, 2.24) is 9.61 Å². The third kappa shape index (κ3) is 1.33. The number of thiol groups is 1. The molecule has 0 N–H and O–H groups in total. The Kier molecular flexibility index (Phi) is 2.04. The Labute approximate surface area is 83.0 Å². The van der Waals surface area contributed by atoms with E-state index in [0.717, 1.165) is 16.1 Å². The minimum Gasteiger partial charge on any atom is -0.240 e. The van der Waals surface area contributed by atoms with Gasteiger partial charge in [0.1, 0.15) is 0 Å². The van der Waals surface area contributed by atoms with Gasteiger partial charge in [0.05, 0.1) is 16.1 Å². The van der Waals surface area contributed by atoms with Crippen LogP contribution in [0.4, 0.5) is 0 Å². The zero-order chi connectivity index (χ0) is 9.42. The van der Waals surface area contributed by atoms with Gasteiger partial charge >= 0.3 is 0 Å². The Morgan fingerprint density at radius 2 is 2.15 bits per heavy atom. The fourth-order valence-corrected chi connectivity index (χ4v) is 1.87. The fourth-order valence-electron chi connectivity index (χ4n) is 1.39. The summed E-state index contributed by atoms with van der Waals surface area (Å²) in [5, 5.41) is 4.45. The molecule has 68 valence electrons. The first-order valence-electron chi connectivity index (χ1n) is 4.36. The lowest BCUT2D eigenvalue weighted by Gasteiger charge is -1.98. The highest BCUT2D eigenvalue weighted by atomic mass is 32.1. The summed E-state index contributed by atoms with van der Waals surface area (Å²) in [5.41, 5.74) is 2.14. The van der Waals surface area contributed by atoms with Gasteiger partial charge in [0.15, 0.2) is 0 Å². The third-order valence-corrected chi connectivity index (χ3v) is 2.55. The zero-order valence-corrected chi connectivity index (χ0v) is 8.62. The third-order valence-electron chi connectivity index (χ3n) is 2.09. The minimum absolute atomic E-state index is 0.424. The smallest absolute Gasteiger partial charge is 0.0798 e. The Morgan fingerprint density at radius 1 is 1.38 bits per heavy atom. The van der Waals surface area contributed by atoms with Crippen molar-refractivity contribution in [2.75, 3.05) is 0 Å². The molecular weight excluding hydrogens is 180 g/mol. The molecule has 3 heteroatoms. The van der Waals surface area contributed by atoms with Gasteiger partial charge in [0.2, 0.25) is 0 Å². The molecule has 0 saturated carbocycles. The summed E-state index contributed by atoms with van der Waals surface area (Å²) in [6, 6.07) is 6.00. The molecule has 2 rings (SSSR count). The van der Waals surface area contributed by atoms with E-state index in [1.807, 2.05) is 28.9 Å². The topological polar surface area (TPSA) is 17.3 Å². The summed E-state index contributed by atoms with van der Waals surface area (Å²) < 4.78 is 1.87. The SMILES string of the molecule is CC(C)c1nn2ccccc2c1S. The number of hydrogen-bond acceptors (Lipinski definition) is 2. The van der Waals surface area contributed by atoms with Crippen LogP contribution >= 0.6 is 12.6 Å². The van der Waals surface area contributed by atoms with E-state index in [4.69, 9.17) is 0 Å². The Balaban J connectivity index is 2.74. The van der Waals surface area contributed by atoms with Gasteiger partial charge in [-0.1, -0.05) is 19.9 Å². The van der Waals surface area contributed by atoms with E-state index in [1.54, 1.807) is 0 Å². The van der Waals surface area contributed by atoms with E-state index in [0.29, 0.717) is 5.92 Å². The van der Waals surface area contributed by atoms with E-state index in [1.165, 1.54) is 0 Å². The molecule has 2 aromatic rings. The Bertz CT molecular complexity index is 431. The molecule has 0 aliphatic heterocycles. The second kappa shape index (κ2) is 3.07. The van der Waals surface area contributed by atoms with Crippen molar-refractivity contribution in [3.05, 3.63) is 30.1 Å². The second-order valence-electron chi connectivity index (χ2n) is 3.42. The molecule has 13 heavy (non-hydrogen) atoms. The van der Waals surface area contributed by atoms with E-state index in [9.17, 15) is 0 Å². The summed E-state index contributed by atoms with van der Waals surface area (Å²) in [4.78, 5) is 0.996. The zero-order valence-electron chi connectivity index (χ0n) is 7.73. The average molecular weight is 192 g/mol. The lowest BCUT2D eigenvalue weighted by molar-refractivity contribution is 0.776. The van der Waals surface area contributed by atoms with Gasteiger partial charge in [0, 0.05) is 6.20 Å². The van der Waals surface area contributed by atoms with Crippen molar-refractivity contribution < 1.29 is 0 Å². The molecule has 0 fully saturated rings. The largest absolute Gasteiger partial charge is 0.240 e. The molecule has 2 aromatic heterocycles. The van der Waals surface area contributed by atoms with Gasteiger partial charge in [-0.2, -0.15) is 5.10 Å². The molecule has 0 aliphatic rings. The number of rotatable bonds is 1. The van der Waals surface area contributed by atoms with Crippen molar-refractivity contribution in [2.24, 2.45) is 0 Å². The second-order valence-corrected chi connectivity index (χ2v) is 3.87. The number of pyridine rings is 1. The van der Waals surface area contributed by atoms with Gasteiger partial charge in [-0.3, -0.25) is 0 Å². The molecule has 2 nitrogen and oxygen atoms in total. The van der Waals surface area contributed by atoms with Gasteiger partial charge < -0.3 is 0 Å². The van der Waals surface area contributed by atoms with E-state index < -0.39 is 0 Å². The fraction of sp³-hybridized carbons (Fsp3) is 0.300. The van der Waals surface area contributed by atoms with Crippen LogP contribution in [-0.2, 0) is 0 Å². The van der Waals surface area contributed by atoms with Crippen LogP contribution in [0.1, 0.15) is 25.5 Å². The molecule has 0 spiro atoms. The highest BCUT2D eigenvalue weighted by Gasteiger charge is 2.11. The predicted octanol–water partition coefficient (Wildman–Crippen LogP) is 2.75. The normalized spacial score (nSPS) is 11.4. The summed E-state index contributed by atoms with van der Waals surface area (Å²) in [5.74, 6) is 0.424. The van der Waals surface area contributed by atoms with E-state index in [2.05, 4.69) is 31.6 Å². The predicted molar refractivity (Wildman–Crippen MR) is 56.5 cm³/mol. The van der Waals surface area contributed by atoms with Crippen LogP contribution in [-0.4, -0.2) is 9.61 Å². The standard InChI is InChI=1S/C10H12N2S/c1-7(2)9-10(13)8-5-3-4-6-12(8)11-9/h3-7,13H,1-2H3. The van der Waals surface area contributed by atoms with Crippen molar-refractivity contribution in [1.29, 1.82) is 0 Å². The molecule has 0 radical (unpaired) electrons. The van der Waals surface area contributed by atoms with Gasteiger partial charge in [0.25, 0.3) is 0 Å². The average Bonchev–Trinajstić information content (AvgIpc) is 2.45. The van der Waals surface area contributed by atoms with Crippen LogP contribution in [0, 0.1) is 0 Å². The lowest BCUT2D eigenvalue weighted by atomic mass is 10.1. The molecule has 0 saturated heterocycles. The molecular formula is C10H12N2S. The number of hydrogen-bond donors (Lipinski definition) is 1. The van der Waals surface area contributed by atoms with Crippen LogP contribution in [0.3, 0.4) is 0 Å². The Morgan fingerprint density at radius 3 is 2.77 bits per heavy atom. The molecule has 0 aliphatic carbocycles. The molecule has 0 unspecified atom stereocenters. The van der Waals surface area contributed by atoms with E-state index in [-0.39, 0.29) is 0 Å². The van der Waals surface area contributed by atoms with Gasteiger partial charge in [-0.25, -0.2) is 4.52 Å². The maximum Gasteiger partial charge on any atom is 0.0798 e. The van der Waals surface area contributed by atoms with E-state index >= 15 is 0 Å². The van der Waals surface area contributed by atoms with Crippen LogP contribution in [0.25, 0.3) is 5.52 Å². The van der Waals surface area contributed by atoms with Crippen LogP contribution < -0.4 is 0 Å². The maximum atomic E-state index is 4.47. The lowest BCUT2D eigenvalue weighted by Crippen LogP contribution is -1.90. The quantitative estimate of drug-likeness (QED) is 0.688. The Hall–Kier alpha value is -0.960. The summed E-state index contributed by atoms with van der Waals surface area (Å²) >= 11 is 4.47. The first kappa shape index (κ1) is 8.63. The first-order chi connectivity index (χ1) is 6.20. The van der Waals surface area contributed by atoms with Crippen molar-refractivity contribution in [3.63, 3.8) is 0 Å². The van der Waals surface area contributed by atoms with Crippen LogP contribution in [0.5, 0.6) is 0 Å². The minimum atomic E-state index is 0.424. The van der Waals surface area contributed by atoms with Gasteiger partial charge in [-0.05, 0) is 18.1 Å². The maximum absolute atomic E-state index is 4.47. The molecule has 0 bridgehead atoms. The first-order valence-corrected chi connectivity index (χ1v) is 4.81. The number of fused-ring (bicyclic) bond motifs is 1. The monoisotopic (exact) mass is 192 g/mol. The van der Waals surface area contributed by atoms with Crippen LogP contribution in [0.15, 0.2) is 29.3 Å². The summed E-state index contributed by atoms with van der Waals surface area (Å²) in [6.45, 7) is 4.25. The molecule has 0 atom stereocenters. The van der Waals surface area contributed by atoms with Crippen molar-refractivity contribution >= 4 is 18.1 Å². The van der Waals surface area contributed by atoms with Crippen LogP contribution in [0.2, 0.25) is 0 Å². The van der Waals surface area contributed by atoms with Gasteiger partial charge in [-0.15, -0.1) is 12.6 Å². The van der Waals surface area contributed by atoms with Crippen molar-refractivity contribution in [2.45, 2.75) is 24.7 Å². The molecule has 0 amide bonds. The number of aromatic nitrogens is 2. The summed E-state index contributed by atoms with van der Waals surface area (Å²) in [6.07, 6.45) is 1.95. The summed E-state index contributed by atoms with van der Waals surface area (Å²) in [7, 11) is 0. The highest BCUT2D eigenvalue weighted by Crippen LogP contribution is 2.25. The number of nitrogens with zero attached hydrogens (tertiary/aromatic N) is 2.